The van der Waals surface area contributed by atoms with Gasteiger partial charge in [0.2, 0.25) is 7.41 Å². The number of hydrogen-bond acceptors (Lipinski definition) is 2. The highest BCUT2D eigenvalue weighted by Gasteiger charge is 2.44. The lowest BCUT2D eigenvalue weighted by Gasteiger charge is -2.40. The van der Waals surface area contributed by atoms with Crippen LogP contribution in [0.15, 0.2) is 60.7 Å². The van der Waals surface area contributed by atoms with Gasteiger partial charge in [0.1, 0.15) is 5.60 Å². The first-order valence-corrected chi connectivity index (χ1v) is 8.69. The van der Waals surface area contributed by atoms with Crippen LogP contribution in [0.5, 0.6) is 0 Å². The van der Waals surface area contributed by atoms with Crippen LogP contribution in [-0.4, -0.2) is 29.9 Å². The van der Waals surface area contributed by atoms with E-state index in [9.17, 15) is 5.11 Å². The van der Waals surface area contributed by atoms with E-state index in [1.165, 1.54) is 0 Å². The zero-order chi connectivity index (χ0) is 16.1. The van der Waals surface area contributed by atoms with Crippen molar-refractivity contribution >= 4 is 7.41 Å². The second kappa shape index (κ2) is 7.33. The molecule has 1 N–H and O–H groups in total. The average Bonchev–Trinajstić information content (AvgIpc) is 3.10. The van der Waals surface area contributed by atoms with Gasteiger partial charge in [0.05, 0.1) is 0 Å². The van der Waals surface area contributed by atoms with E-state index in [0.717, 1.165) is 43.3 Å². The van der Waals surface area contributed by atoms with Crippen molar-refractivity contribution in [3.8, 4) is 0 Å². The van der Waals surface area contributed by atoms with E-state index >= 15 is 0 Å². The molecular formula is C20H25BNO. The Bertz CT molecular complexity index is 562. The van der Waals surface area contributed by atoms with Gasteiger partial charge in [-0.1, -0.05) is 80.3 Å². The van der Waals surface area contributed by atoms with Crippen LogP contribution in [0, 0.1) is 0 Å². The summed E-state index contributed by atoms with van der Waals surface area (Å²) in [7, 11) is 2.29. The lowest BCUT2D eigenvalue weighted by molar-refractivity contribution is 0.0198. The molecule has 119 valence electrons. The summed E-state index contributed by atoms with van der Waals surface area (Å²) in [6.45, 7) is 3.23. The molecule has 0 spiro atoms. The Morgan fingerprint density at radius 3 is 2.13 bits per heavy atom. The van der Waals surface area contributed by atoms with Gasteiger partial charge < -0.3 is 9.92 Å². The molecule has 1 heterocycles. The molecule has 1 saturated heterocycles. The van der Waals surface area contributed by atoms with Gasteiger partial charge in [-0.05, 0) is 30.5 Å². The Balaban J connectivity index is 2.02. The van der Waals surface area contributed by atoms with Gasteiger partial charge in [0.25, 0.3) is 0 Å². The van der Waals surface area contributed by atoms with Crippen molar-refractivity contribution in [1.82, 2.24) is 4.81 Å². The minimum Gasteiger partial charge on any atom is -0.379 e. The molecule has 1 radical (unpaired) electrons. The molecule has 1 fully saturated rings. The second-order valence-electron chi connectivity index (χ2n) is 6.37. The third-order valence-electron chi connectivity index (χ3n) is 4.86. The number of hydrogen-bond donors (Lipinski definition) is 1. The highest BCUT2D eigenvalue weighted by Crippen LogP contribution is 2.39. The van der Waals surface area contributed by atoms with E-state index in [-0.39, 0.29) is 6.04 Å². The molecule has 1 atom stereocenters. The van der Waals surface area contributed by atoms with Gasteiger partial charge in [-0.15, -0.1) is 0 Å². The van der Waals surface area contributed by atoms with E-state index in [0.29, 0.717) is 0 Å². The van der Waals surface area contributed by atoms with E-state index in [1.807, 2.05) is 60.7 Å². The summed E-state index contributed by atoms with van der Waals surface area (Å²) in [5.74, 6) is 0. The molecule has 3 heteroatoms. The highest BCUT2D eigenvalue weighted by molar-refractivity contribution is 6.32. The predicted molar refractivity (Wildman–Crippen MR) is 96.5 cm³/mol. The summed E-state index contributed by atoms with van der Waals surface area (Å²) < 4.78 is 0. The lowest BCUT2D eigenvalue weighted by atomic mass is 9.75. The third kappa shape index (κ3) is 3.22. The van der Waals surface area contributed by atoms with E-state index in [2.05, 4.69) is 19.1 Å². The van der Waals surface area contributed by atoms with Gasteiger partial charge >= 0.3 is 0 Å². The summed E-state index contributed by atoms with van der Waals surface area (Å²) >= 11 is 0. The van der Waals surface area contributed by atoms with Crippen molar-refractivity contribution in [2.24, 2.45) is 0 Å². The summed E-state index contributed by atoms with van der Waals surface area (Å²) in [4.78, 5) is 2.36. The Hall–Kier alpha value is -1.58. The molecule has 0 amide bonds. The summed E-state index contributed by atoms with van der Waals surface area (Å²) in [6.07, 6.45) is 4.35. The fourth-order valence-electron chi connectivity index (χ4n) is 3.69. The van der Waals surface area contributed by atoms with Gasteiger partial charge in [0.15, 0.2) is 0 Å². The Morgan fingerprint density at radius 1 is 1.04 bits per heavy atom. The van der Waals surface area contributed by atoms with Crippen molar-refractivity contribution in [2.75, 3.05) is 6.54 Å². The van der Waals surface area contributed by atoms with Crippen molar-refractivity contribution in [3.63, 3.8) is 0 Å². The summed E-state index contributed by atoms with van der Waals surface area (Å²) in [6, 6.07) is 20.3. The number of benzene rings is 2. The molecule has 1 aliphatic heterocycles. The Labute approximate surface area is 140 Å². The van der Waals surface area contributed by atoms with Gasteiger partial charge in [-0.2, -0.15) is 0 Å². The Morgan fingerprint density at radius 2 is 1.61 bits per heavy atom. The first-order chi connectivity index (χ1) is 11.3. The molecule has 0 aliphatic carbocycles. The molecule has 0 saturated carbocycles. The SMILES string of the molecule is CCC[B]N1CCCC1C(O)(c1ccccc1)c1ccccc1. The molecule has 3 rings (SSSR count). The monoisotopic (exact) mass is 306 g/mol. The topological polar surface area (TPSA) is 23.5 Å². The lowest BCUT2D eigenvalue weighted by Crippen LogP contribution is -2.49. The van der Waals surface area contributed by atoms with Crippen LogP contribution in [0.4, 0.5) is 0 Å². The van der Waals surface area contributed by atoms with Crippen LogP contribution in [0.2, 0.25) is 6.32 Å². The Kier molecular flexibility index (Phi) is 5.19. The quantitative estimate of drug-likeness (QED) is 0.820. The molecular weight excluding hydrogens is 281 g/mol. The molecule has 1 aliphatic rings. The fraction of sp³-hybridized carbons (Fsp3) is 0.400. The maximum Gasteiger partial charge on any atom is 0.208 e. The zero-order valence-electron chi connectivity index (χ0n) is 13.9. The van der Waals surface area contributed by atoms with E-state index < -0.39 is 5.60 Å². The molecule has 2 aromatic carbocycles. The second-order valence-corrected chi connectivity index (χ2v) is 6.37. The summed E-state index contributed by atoms with van der Waals surface area (Å²) in [5, 5.41) is 11.9. The normalized spacial score (nSPS) is 19.0. The highest BCUT2D eigenvalue weighted by atomic mass is 16.3. The van der Waals surface area contributed by atoms with Crippen LogP contribution < -0.4 is 0 Å². The first-order valence-electron chi connectivity index (χ1n) is 8.69. The predicted octanol–water partition coefficient (Wildman–Crippen LogP) is 3.83. The fourth-order valence-corrected chi connectivity index (χ4v) is 3.69. The van der Waals surface area contributed by atoms with Gasteiger partial charge in [-0.25, -0.2) is 0 Å². The van der Waals surface area contributed by atoms with E-state index in [1.54, 1.807) is 0 Å². The van der Waals surface area contributed by atoms with Crippen molar-refractivity contribution in [1.29, 1.82) is 0 Å². The molecule has 1 unspecified atom stereocenters. The molecule has 2 aromatic rings. The summed E-state index contributed by atoms with van der Waals surface area (Å²) in [5.41, 5.74) is 0.990. The largest absolute Gasteiger partial charge is 0.379 e. The van der Waals surface area contributed by atoms with E-state index in [4.69, 9.17) is 0 Å². The molecule has 2 nitrogen and oxygen atoms in total. The van der Waals surface area contributed by atoms with Crippen LogP contribution in [0.1, 0.15) is 37.3 Å². The van der Waals surface area contributed by atoms with Crippen LogP contribution >= 0.6 is 0 Å². The standard InChI is InChI=1S/C20H25BNO/c1-2-15-21-22-16-9-14-19(22)20(23,17-10-5-3-6-11-17)18-12-7-4-8-13-18/h3-8,10-13,19,23H,2,9,14-16H2,1H3. The number of nitrogens with zero attached hydrogens (tertiary/aromatic N) is 1. The van der Waals surface area contributed by atoms with Crippen molar-refractivity contribution in [3.05, 3.63) is 71.8 Å². The van der Waals surface area contributed by atoms with Crippen LogP contribution in [-0.2, 0) is 5.60 Å². The van der Waals surface area contributed by atoms with Crippen molar-refractivity contribution in [2.45, 2.75) is 44.1 Å². The minimum absolute atomic E-state index is 0.0962. The number of aliphatic hydroxyl groups is 1. The van der Waals surface area contributed by atoms with Gasteiger partial charge in [-0.3, -0.25) is 0 Å². The van der Waals surface area contributed by atoms with Crippen molar-refractivity contribution < 1.29 is 5.11 Å². The molecule has 23 heavy (non-hydrogen) atoms. The molecule has 0 aromatic heterocycles. The van der Waals surface area contributed by atoms with Gasteiger partial charge in [0, 0.05) is 6.04 Å². The minimum atomic E-state index is -0.969. The van der Waals surface area contributed by atoms with Crippen LogP contribution in [0.3, 0.4) is 0 Å². The average molecular weight is 306 g/mol. The molecule has 0 bridgehead atoms. The number of rotatable bonds is 6. The maximum absolute atomic E-state index is 11.9. The van der Waals surface area contributed by atoms with Crippen LogP contribution in [0.25, 0.3) is 0 Å². The third-order valence-corrected chi connectivity index (χ3v) is 4.86. The zero-order valence-corrected chi connectivity index (χ0v) is 13.9. The first kappa shape index (κ1) is 16.3. The smallest absolute Gasteiger partial charge is 0.208 e. The maximum atomic E-state index is 11.9.